The molecule has 1 aromatic heterocycles. The maximum atomic E-state index is 5.33. The van der Waals surface area contributed by atoms with E-state index in [1.807, 2.05) is 6.92 Å². The van der Waals surface area contributed by atoms with Gasteiger partial charge in [0.1, 0.15) is 0 Å². The van der Waals surface area contributed by atoms with E-state index >= 15 is 0 Å². The van der Waals surface area contributed by atoms with Crippen molar-refractivity contribution in [3.8, 4) is 5.88 Å². The van der Waals surface area contributed by atoms with E-state index in [4.69, 9.17) is 4.74 Å². The highest BCUT2D eigenvalue weighted by Gasteiger charge is 2.07. The van der Waals surface area contributed by atoms with Crippen LogP contribution in [0, 0.1) is 0 Å². The van der Waals surface area contributed by atoms with Crippen LogP contribution in [0.5, 0.6) is 5.88 Å². The fraction of sp³-hybridized carbons (Fsp3) is 0.600. The van der Waals surface area contributed by atoms with Gasteiger partial charge in [0.25, 0.3) is 0 Å². The third-order valence-corrected chi connectivity index (χ3v) is 2.28. The topological polar surface area (TPSA) is 38.2 Å². The Morgan fingerprint density at radius 2 is 2.27 bits per heavy atom. The van der Waals surface area contributed by atoms with Crippen LogP contribution in [0.2, 0.25) is 0 Å². The molecule has 0 saturated heterocycles. The third-order valence-electron chi connectivity index (χ3n) is 1.93. The molecule has 0 atom stereocenters. The Labute approximate surface area is 98.8 Å². The Hall–Kier alpha value is -0.840. The van der Waals surface area contributed by atoms with Gasteiger partial charge in [0.05, 0.1) is 6.61 Å². The summed E-state index contributed by atoms with van der Waals surface area (Å²) < 4.78 is 5.33. The Morgan fingerprint density at radius 3 is 2.87 bits per heavy atom. The van der Waals surface area contributed by atoms with Crippen LogP contribution in [-0.2, 0) is 0 Å². The lowest BCUT2D eigenvalue weighted by Crippen LogP contribution is -2.26. The van der Waals surface area contributed by atoms with Gasteiger partial charge in [-0.3, -0.25) is 0 Å². The Balaban J connectivity index is 2.77. The summed E-state index contributed by atoms with van der Waals surface area (Å²) in [6.07, 6.45) is 1.73. The highest BCUT2D eigenvalue weighted by Crippen LogP contribution is 2.12. The van der Waals surface area contributed by atoms with E-state index in [9.17, 15) is 0 Å². The first-order valence-corrected chi connectivity index (χ1v) is 6.20. The van der Waals surface area contributed by atoms with E-state index < -0.39 is 0 Å². The minimum Gasteiger partial charge on any atom is -0.478 e. The molecule has 0 N–H and O–H groups in total. The zero-order chi connectivity index (χ0) is 11.1. The van der Waals surface area contributed by atoms with E-state index in [0.717, 1.165) is 24.4 Å². The summed E-state index contributed by atoms with van der Waals surface area (Å²) in [5.74, 6) is 1.36. The molecule has 0 radical (unpaired) electrons. The van der Waals surface area contributed by atoms with Crippen LogP contribution in [0.1, 0.15) is 13.8 Å². The lowest BCUT2D eigenvalue weighted by molar-refractivity contribution is 0.326. The van der Waals surface area contributed by atoms with E-state index in [-0.39, 0.29) is 0 Å². The SMILES string of the molecule is CCOc1ccnc(N(CC)CCBr)n1. The fourth-order valence-corrected chi connectivity index (χ4v) is 1.64. The van der Waals surface area contributed by atoms with Crippen molar-refractivity contribution in [2.24, 2.45) is 0 Å². The summed E-state index contributed by atoms with van der Waals surface area (Å²) in [7, 11) is 0. The second-order valence-corrected chi connectivity index (χ2v) is 3.69. The smallest absolute Gasteiger partial charge is 0.228 e. The maximum absolute atomic E-state index is 5.33. The highest BCUT2D eigenvalue weighted by molar-refractivity contribution is 9.09. The summed E-state index contributed by atoms with van der Waals surface area (Å²) >= 11 is 3.41. The quantitative estimate of drug-likeness (QED) is 0.744. The molecule has 1 aromatic rings. The Morgan fingerprint density at radius 1 is 1.47 bits per heavy atom. The van der Waals surface area contributed by atoms with Crippen LogP contribution >= 0.6 is 15.9 Å². The van der Waals surface area contributed by atoms with Crippen molar-refractivity contribution in [3.63, 3.8) is 0 Å². The average molecular weight is 274 g/mol. The summed E-state index contributed by atoms with van der Waals surface area (Å²) in [4.78, 5) is 10.6. The molecule has 15 heavy (non-hydrogen) atoms. The molecule has 0 unspecified atom stereocenters. The van der Waals surface area contributed by atoms with E-state index in [2.05, 4.69) is 37.7 Å². The number of hydrogen-bond donors (Lipinski definition) is 0. The number of alkyl halides is 1. The molecule has 4 nitrogen and oxygen atoms in total. The Kier molecular flexibility index (Phi) is 5.39. The lowest BCUT2D eigenvalue weighted by Gasteiger charge is -2.19. The van der Waals surface area contributed by atoms with Gasteiger partial charge in [0.15, 0.2) is 0 Å². The molecular formula is C10H16BrN3O. The van der Waals surface area contributed by atoms with Crippen molar-refractivity contribution < 1.29 is 4.74 Å². The number of hydrogen-bond acceptors (Lipinski definition) is 4. The van der Waals surface area contributed by atoms with Crippen LogP contribution in [0.3, 0.4) is 0 Å². The summed E-state index contributed by atoms with van der Waals surface area (Å²) in [5, 5.41) is 0.906. The van der Waals surface area contributed by atoms with Crippen molar-refractivity contribution >= 4 is 21.9 Å². The molecule has 0 amide bonds. The first-order valence-electron chi connectivity index (χ1n) is 5.08. The Bertz CT molecular complexity index is 296. The van der Waals surface area contributed by atoms with Gasteiger partial charge in [0, 0.05) is 30.7 Å². The minimum atomic E-state index is 0.626. The van der Waals surface area contributed by atoms with Crippen LogP contribution < -0.4 is 9.64 Å². The van der Waals surface area contributed by atoms with Crippen molar-refractivity contribution in [3.05, 3.63) is 12.3 Å². The molecule has 1 heterocycles. The molecule has 0 saturated carbocycles. The third kappa shape index (κ3) is 3.66. The summed E-state index contributed by atoms with van der Waals surface area (Å²) in [5.41, 5.74) is 0. The van der Waals surface area contributed by atoms with Gasteiger partial charge in [-0.1, -0.05) is 15.9 Å². The number of halogens is 1. The second-order valence-electron chi connectivity index (χ2n) is 2.90. The largest absolute Gasteiger partial charge is 0.478 e. The normalized spacial score (nSPS) is 10.1. The van der Waals surface area contributed by atoms with Crippen molar-refractivity contribution in [2.45, 2.75) is 13.8 Å². The second kappa shape index (κ2) is 6.61. The van der Waals surface area contributed by atoms with Crippen LogP contribution in [0.25, 0.3) is 0 Å². The van der Waals surface area contributed by atoms with Crippen LogP contribution in [-0.4, -0.2) is 35.0 Å². The van der Waals surface area contributed by atoms with Crippen LogP contribution in [0.15, 0.2) is 12.3 Å². The van der Waals surface area contributed by atoms with Gasteiger partial charge in [-0.05, 0) is 13.8 Å². The number of nitrogens with zero attached hydrogens (tertiary/aromatic N) is 3. The van der Waals surface area contributed by atoms with Crippen molar-refractivity contribution in [1.82, 2.24) is 9.97 Å². The first-order chi connectivity index (χ1) is 7.31. The molecule has 84 valence electrons. The fourth-order valence-electron chi connectivity index (χ4n) is 1.21. The van der Waals surface area contributed by atoms with Gasteiger partial charge in [-0.2, -0.15) is 4.98 Å². The number of anilines is 1. The van der Waals surface area contributed by atoms with Crippen molar-refractivity contribution in [2.75, 3.05) is 29.9 Å². The molecule has 0 fully saturated rings. The van der Waals surface area contributed by atoms with E-state index in [1.165, 1.54) is 0 Å². The molecule has 0 aliphatic rings. The molecule has 0 spiro atoms. The number of ether oxygens (including phenoxy) is 1. The van der Waals surface area contributed by atoms with Gasteiger partial charge in [0.2, 0.25) is 11.8 Å². The molecule has 0 aliphatic heterocycles. The molecular weight excluding hydrogens is 258 g/mol. The highest BCUT2D eigenvalue weighted by atomic mass is 79.9. The first kappa shape index (κ1) is 12.2. The van der Waals surface area contributed by atoms with Gasteiger partial charge in [-0.25, -0.2) is 4.98 Å². The standard InChI is InChI=1S/C10H16BrN3O/c1-3-14(8-6-11)10-12-7-5-9(13-10)15-4-2/h5,7H,3-4,6,8H2,1-2H3. The zero-order valence-electron chi connectivity index (χ0n) is 9.11. The van der Waals surface area contributed by atoms with E-state index in [0.29, 0.717) is 12.5 Å². The van der Waals surface area contributed by atoms with Crippen molar-refractivity contribution in [1.29, 1.82) is 0 Å². The summed E-state index contributed by atoms with van der Waals surface area (Å²) in [6, 6.07) is 1.77. The average Bonchev–Trinajstić information content (AvgIpc) is 2.27. The van der Waals surface area contributed by atoms with Gasteiger partial charge >= 0.3 is 0 Å². The molecule has 5 heteroatoms. The maximum Gasteiger partial charge on any atom is 0.228 e. The van der Waals surface area contributed by atoms with Crippen LogP contribution in [0.4, 0.5) is 5.95 Å². The number of rotatable bonds is 6. The monoisotopic (exact) mass is 273 g/mol. The zero-order valence-corrected chi connectivity index (χ0v) is 10.7. The summed E-state index contributed by atoms with van der Waals surface area (Å²) in [6.45, 7) is 6.44. The molecule has 0 aromatic carbocycles. The molecule has 0 aliphatic carbocycles. The molecule has 1 rings (SSSR count). The predicted molar refractivity (Wildman–Crippen MR) is 64.9 cm³/mol. The minimum absolute atomic E-state index is 0.626. The van der Waals surface area contributed by atoms with Gasteiger partial charge in [-0.15, -0.1) is 0 Å². The molecule has 0 bridgehead atoms. The lowest BCUT2D eigenvalue weighted by atomic mass is 10.5. The number of aromatic nitrogens is 2. The van der Waals surface area contributed by atoms with Gasteiger partial charge < -0.3 is 9.64 Å². The predicted octanol–water partition coefficient (Wildman–Crippen LogP) is 2.10. The van der Waals surface area contributed by atoms with E-state index in [1.54, 1.807) is 12.3 Å².